The molecule has 0 radical (unpaired) electrons. The van der Waals surface area contributed by atoms with Crippen LogP contribution in [0.25, 0.3) is 0 Å². The van der Waals surface area contributed by atoms with E-state index in [-0.39, 0.29) is 0 Å². The lowest BCUT2D eigenvalue weighted by Gasteiger charge is -2.34. The molecule has 2 heteroatoms. The summed E-state index contributed by atoms with van der Waals surface area (Å²) in [6.45, 7) is 6.31. The monoisotopic (exact) mass is 288 g/mol. The van der Waals surface area contributed by atoms with Crippen molar-refractivity contribution in [2.75, 3.05) is 13.6 Å². The second kappa shape index (κ2) is 7.95. The van der Waals surface area contributed by atoms with Gasteiger partial charge in [-0.25, -0.2) is 0 Å². The molecular weight excluding hydrogens is 256 g/mol. The molecule has 1 aliphatic carbocycles. The highest BCUT2D eigenvalue weighted by atomic mass is 15.1. The summed E-state index contributed by atoms with van der Waals surface area (Å²) >= 11 is 0. The van der Waals surface area contributed by atoms with Crippen LogP contribution in [0, 0.1) is 5.92 Å². The molecule has 0 saturated heterocycles. The maximum absolute atomic E-state index is 5.73. The highest BCUT2D eigenvalue weighted by Crippen LogP contribution is 2.29. The van der Waals surface area contributed by atoms with Crippen molar-refractivity contribution in [3.63, 3.8) is 0 Å². The Morgan fingerprint density at radius 1 is 1.14 bits per heavy atom. The van der Waals surface area contributed by atoms with Crippen molar-refractivity contribution in [3.05, 3.63) is 35.4 Å². The zero-order valence-corrected chi connectivity index (χ0v) is 14.0. The van der Waals surface area contributed by atoms with Crippen molar-refractivity contribution >= 4 is 0 Å². The van der Waals surface area contributed by atoms with E-state index in [1.54, 1.807) is 0 Å². The van der Waals surface area contributed by atoms with Crippen LogP contribution < -0.4 is 5.73 Å². The molecule has 1 atom stereocenters. The van der Waals surface area contributed by atoms with Gasteiger partial charge in [0, 0.05) is 12.6 Å². The van der Waals surface area contributed by atoms with Crippen LogP contribution in [0.2, 0.25) is 0 Å². The van der Waals surface area contributed by atoms with Crippen molar-refractivity contribution < 1.29 is 0 Å². The second-order valence-corrected chi connectivity index (χ2v) is 6.88. The van der Waals surface area contributed by atoms with E-state index in [2.05, 4.69) is 50.1 Å². The third-order valence-corrected chi connectivity index (χ3v) is 5.35. The molecule has 0 amide bonds. The third kappa shape index (κ3) is 4.55. The molecule has 1 unspecified atom stereocenters. The summed E-state index contributed by atoms with van der Waals surface area (Å²) in [5.74, 6) is 1.44. The molecule has 0 heterocycles. The number of hydrogen-bond donors (Lipinski definition) is 1. The van der Waals surface area contributed by atoms with Crippen molar-refractivity contribution in [1.29, 1.82) is 0 Å². The molecule has 2 nitrogen and oxygen atoms in total. The van der Waals surface area contributed by atoms with E-state index in [1.807, 2.05) is 0 Å². The van der Waals surface area contributed by atoms with Gasteiger partial charge in [0.25, 0.3) is 0 Å². The molecule has 0 spiro atoms. The van der Waals surface area contributed by atoms with E-state index < -0.39 is 0 Å². The zero-order chi connectivity index (χ0) is 15.2. The molecule has 0 bridgehead atoms. The quantitative estimate of drug-likeness (QED) is 0.852. The third-order valence-electron chi connectivity index (χ3n) is 5.35. The average molecular weight is 288 g/mol. The summed E-state index contributed by atoms with van der Waals surface area (Å²) < 4.78 is 0. The van der Waals surface area contributed by atoms with E-state index >= 15 is 0 Å². The minimum Gasteiger partial charge on any atom is -0.330 e. The maximum Gasteiger partial charge on any atom is 0.0233 e. The van der Waals surface area contributed by atoms with Crippen LogP contribution in [0.15, 0.2) is 24.3 Å². The Balaban J connectivity index is 1.86. The van der Waals surface area contributed by atoms with Crippen molar-refractivity contribution in [2.24, 2.45) is 11.7 Å². The Bertz CT molecular complexity index is 404. The molecule has 21 heavy (non-hydrogen) atoms. The van der Waals surface area contributed by atoms with Crippen LogP contribution in [0.3, 0.4) is 0 Å². The van der Waals surface area contributed by atoms with E-state index in [0.29, 0.717) is 5.92 Å². The van der Waals surface area contributed by atoms with Gasteiger partial charge in [0.2, 0.25) is 0 Å². The highest BCUT2D eigenvalue weighted by Gasteiger charge is 2.22. The van der Waals surface area contributed by atoms with Crippen molar-refractivity contribution in [1.82, 2.24) is 4.90 Å². The molecule has 1 aromatic carbocycles. The molecule has 0 aliphatic heterocycles. The lowest BCUT2D eigenvalue weighted by atomic mass is 9.84. The Morgan fingerprint density at radius 3 is 2.29 bits per heavy atom. The summed E-state index contributed by atoms with van der Waals surface area (Å²) in [4.78, 5) is 2.55. The fourth-order valence-electron chi connectivity index (χ4n) is 3.50. The number of benzene rings is 1. The minimum atomic E-state index is 0.459. The van der Waals surface area contributed by atoms with E-state index in [1.165, 1.54) is 43.2 Å². The van der Waals surface area contributed by atoms with Gasteiger partial charge < -0.3 is 5.73 Å². The van der Waals surface area contributed by atoms with E-state index in [9.17, 15) is 0 Å². The van der Waals surface area contributed by atoms with Crippen LogP contribution in [0.1, 0.15) is 63.0 Å². The first kappa shape index (κ1) is 16.5. The molecule has 0 aromatic heterocycles. The predicted molar refractivity (Wildman–Crippen MR) is 91.4 cm³/mol. The van der Waals surface area contributed by atoms with Crippen molar-refractivity contribution in [2.45, 2.75) is 64.5 Å². The zero-order valence-electron chi connectivity index (χ0n) is 14.0. The maximum atomic E-state index is 5.73. The lowest BCUT2D eigenvalue weighted by Crippen LogP contribution is -2.34. The van der Waals surface area contributed by atoms with Gasteiger partial charge in [-0.05, 0) is 62.2 Å². The first-order valence-electron chi connectivity index (χ1n) is 8.63. The predicted octanol–water partition coefficient (Wildman–Crippen LogP) is 4.15. The fraction of sp³-hybridized carbons (Fsp3) is 0.684. The Morgan fingerprint density at radius 2 is 1.76 bits per heavy atom. The summed E-state index contributed by atoms with van der Waals surface area (Å²) in [5, 5.41) is 0. The minimum absolute atomic E-state index is 0.459. The van der Waals surface area contributed by atoms with Crippen LogP contribution >= 0.6 is 0 Å². The van der Waals surface area contributed by atoms with E-state index in [4.69, 9.17) is 5.73 Å². The molecule has 2 N–H and O–H groups in total. The number of hydrogen-bond acceptors (Lipinski definition) is 2. The van der Waals surface area contributed by atoms with Crippen LogP contribution in [-0.2, 0) is 6.54 Å². The summed E-state index contributed by atoms with van der Waals surface area (Å²) in [7, 11) is 2.29. The first-order chi connectivity index (χ1) is 10.1. The van der Waals surface area contributed by atoms with Gasteiger partial charge in [-0.1, -0.05) is 44.5 Å². The molecule has 118 valence electrons. The van der Waals surface area contributed by atoms with Gasteiger partial charge in [0.05, 0.1) is 0 Å². The number of nitrogens with two attached hydrogens (primary N) is 1. The number of rotatable bonds is 6. The largest absolute Gasteiger partial charge is 0.330 e. The molecule has 1 fully saturated rings. The Hall–Kier alpha value is -0.860. The van der Waals surface area contributed by atoms with Gasteiger partial charge >= 0.3 is 0 Å². The van der Waals surface area contributed by atoms with E-state index in [0.717, 1.165) is 25.0 Å². The smallest absolute Gasteiger partial charge is 0.0233 e. The molecule has 2 rings (SSSR count). The normalized spacial score (nSPS) is 24.2. The van der Waals surface area contributed by atoms with Crippen molar-refractivity contribution in [3.8, 4) is 0 Å². The van der Waals surface area contributed by atoms with Crippen LogP contribution in [-0.4, -0.2) is 24.5 Å². The summed E-state index contributed by atoms with van der Waals surface area (Å²) in [6, 6.07) is 9.81. The SMILES string of the molecule is CCC1CCC(N(C)Cc2ccc(C(C)CN)cc2)CC1. The first-order valence-corrected chi connectivity index (χ1v) is 8.63. The van der Waals surface area contributed by atoms with Gasteiger partial charge in [-0.2, -0.15) is 0 Å². The molecule has 1 saturated carbocycles. The summed E-state index contributed by atoms with van der Waals surface area (Å²) in [6.07, 6.45) is 6.93. The number of nitrogens with zero attached hydrogens (tertiary/aromatic N) is 1. The van der Waals surface area contributed by atoms with Gasteiger partial charge in [-0.15, -0.1) is 0 Å². The van der Waals surface area contributed by atoms with Gasteiger partial charge in [0.15, 0.2) is 0 Å². The second-order valence-electron chi connectivity index (χ2n) is 6.88. The standard InChI is InChI=1S/C19H32N2/c1-4-16-7-11-19(12-8-16)21(3)14-17-5-9-18(10-6-17)15(2)13-20/h5-6,9-10,15-16,19H,4,7-8,11-14,20H2,1-3H3. The van der Waals surface area contributed by atoms with Crippen LogP contribution in [0.5, 0.6) is 0 Å². The molecule has 1 aliphatic rings. The Kier molecular flexibility index (Phi) is 6.25. The van der Waals surface area contributed by atoms with Crippen LogP contribution in [0.4, 0.5) is 0 Å². The topological polar surface area (TPSA) is 29.3 Å². The Labute approximate surface area is 130 Å². The summed E-state index contributed by atoms with van der Waals surface area (Å²) in [5.41, 5.74) is 8.51. The highest BCUT2D eigenvalue weighted by molar-refractivity contribution is 5.25. The lowest BCUT2D eigenvalue weighted by molar-refractivity contribution is 0.157. The van der Waals surface area contributed by atoms with Gasteiger partial charge in [-0.3, -0.25) is 4.90 Å². The average Bonchev–Trinajstić information content (AvgIpc) is 2.55. The molecular formula is C19H32N2. The fourth-order valence-corrected chi connectivity index (χ4v) is 3.50. The van der Waals surface area contributed by atoms with Gasteiger partial charge in [0.1, 0.15) is 0 Å². The molecule has 1 aromatic rings.